The van der Waals surface area contributed by atoms with Gasteiger partial charge >= 0.3 is 0 Å². The number of rotatable bonds is 1. The first-order valence-electron chi connectivity index (χ1n) is 5.37. The normalized spacial score (nSPS) is 20.8. The second-order valence-corrected chi connectivity index (χ2v) is 4.02. The van der Waals surface area contributed by atoms with Crippen LogP contribution in [0.3, 0.4) is 0 Å². The van der Waals surface area contributed by atoms with E-state index < -0.39 is 0 Å². The SMILES string of the molecule is N[C@@H]1CCCN(C(=O)c2ncccc2O)C1. The Bertz CT molecular complexity index is 395. The molecule has 2 heterocycles. The summed E-state index contributed by atoms with van der Waals surface area (Å²) in [7, 11) is 0. The number of nitrogens with two attached hydrogens (primary N) is 1. The van der Waals surface area contributed by atoms with Crippen LogP contribution in [0.25, 0.3) is 0 Å². The van der Waals surface area contributed by atoms with E-state index in [-0.39, 0.29) is 23.4 Å². The van der Waals surface area contributed by atoms with Crippen molar-refractivity contribution in [2.24, 2.45) is 5.73 Å². The summed E-state index contributed by atoms with van der Waals surface area (Å²) in [6.45, 7) is 1.22. The molecule has 0 aromatic carbocycles. The standard InChI is InChI=1S/C11H15N3O2/c12-8-3-2-6-14(7-8)11(16)10-9(15)4-1-5-13-10/h1,4-5,8,15H,2-3,6-7,12H2/t8-/m1/s1. The monoisotopic (exact) mass is 221 g/mol. The van der Waals surface area contributed by atoms with Gasteiger partial charge in [-0.2, -0.15) is 0 Å². The predicted octanol–water partition coefficient (Wildman–Crippen LogP) is 0.350. The fourth-order valence-corrected chi connectivity index (χ4v) is 1.91. The lowest BCUT2D eigenvalue weighted by atomic mass is 10.1. The minimum absolute atomic E-state index is 0.0311. The first kappa shape index (κ1) is 10.9. The highest BCUT2D eigenvalue weighted by atomic mass is 16.3. The highest BCUT2D eigenvalue weighted by Crippen LogP contribution is 2.17. The van der Waals surface area contributed by atoms with Crippen LogP contribution in [-0.4, -0.2) is 40.0 Å². The quantitative estimate of drug-likeness (QED) is 0.717. The lowest BCUT2D eigenvalue weighted by molar-refractivity contribution is 0.0699. The van der Waals surface area contributed by atoms with E-state index in [9.17, 15) is 9.90 Å². The van der Waals surface area contributed by atoms with Gasteiger partial charge in [0.25, 0.3) is 5.91 Å². The molecule has 1 aliphatic rings. The van der Waals surface area contributed by atoms with Gasteiger partial charge in [0.05, 0.1) is 0 Å². The van der Waals surface area contributed by atoms with Crippen LogP contribution in [-0.2, 0) is 0 Å². The minimum Gasteiger partial charge on any atom is -0.505 e. The first-order valence-corrected chi connectivity index (χ1v) is 5.37. The van der Waals surface area contributed by atoms with E-state index >= 15 is 0 Å². The molecule has 1 aromatic rings. The second-order valence-electron chi connectivity index (χ2n) is 4.02. The zero-order chi connectivity index (χ0) is 11.5. The molecule has 0 radical (unpaired) electrons. The fraction of sp³-hybridized carbons (Fsp3) is 0.455. The van der Waals surface area contributed by atoms with Gasteiger partial charge in [-0.25, -0.2) is 4.98 Å². The molecule has 1 aromatic heterocycles. The average molecular weight is 221 g/mol. The maximum absolute atomic E-state index is 12.0. The van der Waals surface area contributed by atoms with Gasteiger partial charge in [0.1, 0.15) is 5.75 Å². The van der Waals surface area contributed by atoms with Gasteiger partial charge in [-0.05, 0) is 25.0 Å². The molecule has 0 unspecified atom stereocenters. The summed E-state index contributed by atoms with van der Waals surface area (Å²) in [5, 5.41) is 9.54. The summed E-state index contributed by atoms with van der Waals surface area (Å²) in [5.41, 5.74) is 5.91. The Morgan fingerprint density at radius 1 is 1.62 bits per heavy atom. The van der Waals surface area contributed by atoms with Crippen molar-refractivity contribution in [2.45, 2.75) is 18.9 Å². The minimum atomic E-state index is -0.242. The van der Waals surface area contributed by atoms with Crippen molar-refractivity contribution in [3.8, 4) is 5.75 Å². The third kappa shape index (κ3) is 2.14. The maximum Gasteiger partial charge on any atom is 0.276 e. The zero-order valence-corrected chi connectivity index (χ0v) is 8.97. The van der Waals surface area contributed by atoms with Crippen molar-refractivity contribution < 1.29 is 9.90 Å². The highest BCUT2D eigenvalue weighted by molar-refractivity contribution is 5.94. The number of piperidine rings is 1. The van der Waals surface area contributed by atoms with Crippen molar-refractivity contribution in [3.63, 3.8) is 0 Å². The Balaban J connectivity index is 2.16. The molecule has 2 rings (SSSR count). The molecule has 1 aliphatic heterocycles. The van der Waals surface area contributed by atoms with Gasteiger partial charge in [-0.15, -0.1) is 0 Å². The summed E-state index contributed by atoms with van der Waals surface area (Å²) in [6, 6.07) is 3.08. The first-order chi connectivity index (χ1) is 7.68. The Morgan fingerprint density at radius 2 is 2.44 bits per heavy atom. The number of hydrogen-bond acceptors (Lipinski definition) is 4. The summed E-state index contributed by atoms with van der Waals surface area (Å²) < 4.78 is 0. The molecule has 1 saturated heterocycles. The maximum atomic E-state index is 12.0. The lowest BCUT2D eigenvalue weighted by Gasteiger charge is -2.30. The van der Waals surface area contributed by atoms with Crippen LogP contribution in [0.1, 0.15) is 23.3 Å². The number of likely N-dealkylation sites (tertiary alicyclic amines) is 1. The van der Waals surface area contributed by atoms with Crippen LogP contribution in [0.4, 0.5) is 0 Å². The molecule has 1 atom stereocenters. The number of aromatic nitrogens is 1. The van der Waals surface area contributed by atoms with Gasteiger partial charge in [0.2, 0.25) is 0 Å². The highest BCUT2D eigenvalue weighted by Gasteiger charge is 2.24. The van der Waals surface area contributed by atoms with E-state index in [2.05, 4.69) is 4.98 Å². The summed E-state index contributed by atoms with van der Waals surface area (Å²) in [6.07, 6.45) is 3.34. The van der Waals surface area contributed by atoms with Crippen molar-refractivity contribution in [1.29, 1.82) is 0 Å². The molecule has 0 saturated carbocycles. The van der Waals surface area contributed by atoms with E-state index in [1.807, 2.05) is 0 Å². The summed E-state index contributed by atoms with van der Waals surface area (Å²) >= 11 is 0. The van der Waals surface area contributed by atoms with Crippen LogP contribution < -0.4 is 5.73 Å². The molecular weight excluding hydrogens is 206 g/mol. The summed E-state index contributed by atoms with van der Waals surface area (Å²) in [4.78, 5) is 17.6. The molecule has 3 N–H and O–H groups in total. The third-order valence-electron chi connectivity index (χ3n) is 2.73. The molecule has 1 fully saturated rings. The van der Waals surface area contributed by atoms with Gasteiger partial charge in [0.15, 0.2) is 5.69 Å². The van der Waals surface area contributed by atoms with E-state index in [1.54, 1.807) is 11.0 Å². The van der Waals surface area contributed by atoms with Crippen molar-refractivity contribution in [2.75, 3.05) is 13.1 Å². The smallest absolute Gasteiger partial charge is 0.276 e. The number of hydrogen-bond donors (Lipinski definition) is 2. The van der Waals surface area contributed by atoms with Crippen molar-refractivity contribution in [3.05, 3.63) is 24.0 Å². The molecular formula is C11H15N3O2. The Morgan fingerprint density at radius 3 is 3.12 bits per heavy atom. The van der Waals surface area contributed by atoms with Crippen molar-refractivity contribution >= 4 is 5.91 Å². The van der Waals surface area contributed by atoms with Gasteiger partial charge in [-0.1, -0.05) is 0 Å². The largest absolute Gasteiger partial charge is 0.505 e. The van der Waals surface area contributed by atoms with Gasteiger partial charge < -0.3 is 15.7 Å². The van der Waals surface area contributed by atoms with Crippen LogP contribution >= 0.6 is 0 Å². The molecule has 0 bridgehead atoms. The van der Waals surface area contributed by atoms with E-state index in [4.69, 9.17) is 5.73 Å². The number of amides is 1. The molecule has 86 valence electrons. The zero-order valence-electron chi connectivity index (χ0n) is 8.97. The van der Waals surface area contributed by atoms with E-state index in [0.29, 0.717) is 13.1 Å². The molecule has 16 heavy (non-hydrogen) atoms. The van der Waals surface area contributed by atoms with Crippen LogP contribution in [0, 0.1) is 0 Å². The molecule has 0 spiro atoms. The predicted molar refractivity (Wildman–Crippen MR) is 59.0 cm³/mol. The van der Waals surface area contributed by atoms with Gasteiger partial charge in [-0.3, -0.25) is 4.79 Å². The van der Waals surface area contributed by atoms with E-state index in [1.165, 1.54) is 12.3 Å². The molecule has 1 amide bonds. The molecule has 5 nitrogen and oxygen atoms in total. The number of carbonyl (C=O) groups excluding carboxylic acids is 1. The average Bonchev–Trinajstić information content (AvgIpc) is 2.29. The van der Waals surface area contributed by atoms with Crippen LogP contribution in [0.15, 0.2) is 18.3 Å². The van der Waals surface area contributed by atoms with Crippen molar-refractivity contribution in [1.82, 2.24) is 9.88 Å². The Labute approximate surface area is 93.9 Å². The molecule has 0 aliphatic carbocycles. The summed E-state index contributed by atoms with van der Waals surface area (Å²) in [5.74, 6) is -0.320. The lowest BCUT2D eigenvalue weighted by Crippen LogP contribution is -2.45. The van der Waals surface area contributed by atoms with Gasteiger partial charge in [0, 0.05) is 25.3 Å². The Kier molecular flexibility index (Phi) is 3.05. The third-order valence-corrected chi connectivity index (χ3v) is 2.73. The van der Waals surface area contributed by atoms with Crippen LogP contribution in [0.2, 0.25) is 0 Å². The number of pyridine rings is 1. The van der Waals surface area contributed by atoms with Crippen LogP contribution in [0.5, 0.6) is 5.75 Å². The molecule has 5 heteroatoms. The fourth-order valence-electron chi connectivity index (χ4n) is 1.91. The number of aromatic hydroxyl groups is 1. The Hall–Kier alpha value is -1.62. The second kappa shape index (κ2) is 4.49. The topological polar surface area (TPSA) is 79.5 Å². The number of carbonyl (C=O) groups is 1. The van der Waals surface area contributed by atoms with E-state index in [0.717, 1.165) is 12.8 Å². The number of nitrogens with zero attached hydrogens (tertiary/aromatic N) is 2.